The van der Waals surface area contributed by atoms with Gasteiger partial charge in [-0.25, -0.2) is 9.37 Å². The summed E-state index contributed by atoms with van der Waals surface area (Å²) in [6.45, 7) is 6.26. The minimum absolute atomic E-state index is 0.0899. The quantitative estimate of drug-likeness (QED) is 0.761. The maximum Gasteiger partial charge on any atom is 0.125 e. The summed E-state index contributed by atoms with van der Waals surface area (Å²) in [5, 5.41) is 0. The highest BCUT2D eigenvalue weighted by Gasteiger charge is 2.22. The van der Waals surface area contributed by atoms with Crippen LogP contribution in [0.25, 0.3) is 11.0 Å². The maximum absolute atomic E-state index is 13.4. The van der Waals surface area contributed by atoms with Crippen LogP contribution in [0.15, 0.2) is 18.2 Å². The highest BCUT2D eigenvalue weighted by atomic mass is 35.5. The zero-order valence-corrected chi connectivity index (χ0v) is 13.9. The van der Waals surface area contributed by atoms with Crippen LogP contribution >= 0.6 is 11.6 Å². The molecule has 0 radical (unpaired) electrons. The van der Waals surface area contributed by atoms with Gasteiger partial charge in [0.2, 0.25) is 0 Å². The summed E-state index contributed by atoms with van der Waals surface area (Å²) < 4.78 is 15.6. The fraction of sp³-hybridized carbons (Fsp3) is 0.562. The van der Waals surface area contributed by atoms with E-state index in [1.807, 2.05) is 0 Å². The van der Waals surface area contributed by atoms with E-state index in [1.165, 1.54) is 12.1 Å². The van der Waals surface area contributed by atoms with E-state index < -0.39 is 0 Å². The molecular formula is C16H23ClFN3. The first-order chi connectivity index (χ1) is 9.82. The van der Waals surface area contributed by atoms with Crippen molar-refractivity contribution in [3.8, 4) is 0 Å². The summed E-state index contributed by atoms with van der Waals surface area (Å²) in [5.41, 5.74) is 1.77. The summed E-state index contributed by atoms with van der Waals surface area (Å²) in [4.78, 5) is 6.73. The van der Waals surface area contributed by atoms with E-state index in [4.69, 9.17) is 11.6 Å². The van der Waals surface area contributed by atoms with E-state index in [2.05, 4.69) is 42.4 Å². The summed E-state index contributed by atoms with van der Waals surface area (Å²) in [6.07, 6.45) is 0.690. The Labute approximate surface area is 130 Å². The Morgan fingerprint density at radius 2 is 2.05 bits per heavy atom. The third-order valence-corrected chi connectivity index (χ3v) is 3.63. The van der Waals surface area contributed by atoms with Crippen molar-refractivity contribution in [3.05, 3.63) is 29.8 Å². The van der Waals surface area contributed by atoms with E-state index in [0.717, 1.165) is 24.4 Å². The van der Waals surface area contributed by atoms with Crippen molar-refractivity contribution in [2.45, 2.75) is 26.8 Å². The standard InChI is InChI=1S/C16H23ClFN3/c1-16(2,10-20(3)4)11-21-14-6-5-12(18)9-13(14)19-15(21)7-8-17/h5-6,9H,7-8,10-11H2,1-4H3. The zero-order chi connectivity index (χ0) is 15.6. The molecule has 0 spiro atoms. The molecular weight excluding hydrogens is 289 g/mol. The second-order valence-electron chi connectivity index (χ2n) is 6.59. The molecule has 0 aliphatic rings. The summed E-state index contributed by atoms with van der Waals surface area (Å²) >= 11 is 5.89. The molecule has 0 amide bonds. The largest absolute Gasteiger partial charge is 0.327 e. The number of hydrogen-bond donors (Lipinski definition) is 0. The first-order valence-electron chi connectivity index (χ1n) is 7.18. The Kier molecular flexibility index (Phi) is 4.89. The summed E-state index contributed by atoms with van der Waals surface area (Å²) in [5.74, 6) is 1.19. The minimum atomic E-state index is -0.253. The molecule has 0 aliphatic carbocycles. The van der Waals surface area contributed by atoms with E-state index in [1.54, 1.807) is 6.07 Å². The van der Waals surface area contributed by atoms with Crippen LogP contribution in [0, 0.1) is 11.2 Å². The van der Waals surface area contributed by atoms with Crippen molar-refractivity contribution in [1.29, 1.82) is 0 Å². The van der Waals surface area contributed by atoms with Gasteiger partial charge in [0.25, 0.3) is 0 Å². The second-order valence-corrected chi connectivity index (χ2v) is 6.97. The molecule has 0 fully saturated rings. The van der Waals surface area contributed by atoms with Gasteiger partial charge in [0.05, 0.1) is 11.0 Å². The normalized spacial score (nSPS) is 12.5. The van der Waals surface area contributed by atoms with Crippen LogP contribution in [0.5, 0.6) is 0 Å². The molecule has 116 valence electrons. The van der Waals surface area contributed by atoms with Crippen molar-refractivity contribution in [3.63, 3.8) is 0 Å². The van der Waals surface area contributed by atoms with E-state index >= 15 is 0 Å². The molecule has 5 heteroatoms. The Bertz CT molecular complexity index is 619. The number of benzene rings is 1. The van der Waals surface area contributed by atoms with E-state index in [0.29, 0.717) is 17.8 Å². The fourth-order valence-corrected chi connectivity index (χ4v) is 3.11. The predicted molar refractivity (Wildman–Crippen MR) is 86.5 cm³/mol. The lowest BCUT2D eigenvalue weighted by Gasteiger charge is -2.29. The van der Waals surface area contributed by atoms with Gasteiger partial charge in [0.15, 0.2) is 0 Å². The number of halogens is 2. The third kappa shape index (κ3) is 3.95. The molecule has 0 saturated heterocycles. The van der Waals surface area contributed by atoms with Crippen LogP contribution in [0.1, 0.15) is 19.7 Å². The van der Waals surface area contributed by atoms with Crippen molar-refractivity contribution >= 4 is 22.6 Å². The molecule has 2 aromatic rings. The molecule has 0 saturated carbocycles. The highest BCUT2D eigenvalue weighted by Crippen LogP contribution is 2.25. The maximum atomic E-state index is 13.4. The number of rotatable bonds is 6. The Balaban J connectivity index is 2.42. The van der Waals surface area contributed by atoms with Crippen molar-refractivity contribution in [2.75, 3.05) is 26.5 Å². The number of aryl methyl sites for hydroxylation is 1. The second kappa shape index (κ2) is 6.32. The molecule has 2 rings (SSSR count). The Morgan fingerprint density at radius 3 is 2.67 bits per heavy atom. The average Bonchev–Trinajstić information content (AvgIpc) is 2.64. The molecule has 0 N–H and O–H groups in total. The molecule has 1 heterocycles. The van der Waals surface area contributed by atoms with Crippen LogP contribution in [0.3, 0.4) is 0 Å². The average molecular weight is 312 g/mol. The van der Waals surface area contributed by atoms with Gasteiger partial charge < -0.3 is 9.47 Å². The van der Waals surface area contributed by atoms with Gasteiger partial charge >= 0.3 is 0 Å². The lowest BCUT2D eigenvalue weighted by Crippen LogP contribution is -2.32. The number of alkyl halides is 1. The van der Waals surface area contributed by atoms with Crippen LogP contribution in [0.4, 0.5) is 4.39 Å². The van der Waals surface area contributed by atoms with Crippen molar-refractivity contribution < 1.29 is 4.39 Å². The fourth-order valence-electron chi connectivity index (χ4n) is 2.94. The van der Waals surface area contributed by atoms with Crippen LogP contribution in [0.2, 0.25) is 0 Å². The lowest BCUT2D eigenvalue weighted by atomic mass is 9.92. The molecule has 0 unspecified atom stereocenters. The SMILES string of the molecule is CN(C)CC(C)(C)Cn1c(CCCl)nc2cc(F)ccc21. The molecule has 1 aromatic heterocycles. The minimum Gasteiger partial charge on any atom is -0.327 e. The zero-order valence-electron chi connectivity index (χ0n) is 13.2. The van der Waals surface area contributed by atoms with Crippen molar-refractivity contribution in [2.24, 2.45) is 5.41 Å². The molecule has 21 heavy (non-hydrogen) atoms. The van der Waals surface area contributed by atoms with Crippen LogP contribution in [-0.2, 0) is 13.0 Å². The van der Waals surface area contributed by atoms with Gasteiger partial charge in [-0.2, -0.15) is 0 Å². The van der Waals surface area contributed by atoms with E-state index in [-0.39, 0.29) is 11.2 Å². The number of nitrogens with zero attached hydrogens (tertiary/aromatic N) is 3. The number of imidazole rings is 1. The highest BCUT2D eigenvalue weighted by molar-refractivity contribution is 6.17. The predicted octanol–water partition coefficient (Wildman–Crippen LogP) is 3.54. The first kappa shape index (κ1) is 16.2. The van der Waals surface area contributed by atoms with Crippen LogP contribution in [-0.4, -0.2) is 41.0 Å². The molecule has 0 bridgehead atoms. The van der Waals surface area contributed by atoms with Gasteiger partial charge in [-0.05, 0) is 31.6 Å². The number of hydrogen-bond acceptors (Lipinski definition) is 2. The van der Waals surface area contributed by atoms with E-state index in [9.17, 15) is 4.39 Å². The van der Waals surface area contributed by atoms with Crippen LogP contribution < -0.4 is 0 Å². The van der Waals surface area contributed by atoms with Crippen molar-refractivity contribution in [1.82, 2.24) is 14.5 Å². The number of fused-ring (bicyclic) bond motifs is 1. The lowest BCUT2D eigenvalue weighted by molar-refractivity contribution is 0.211. The van der Waals surface area contributed by atoms with Gasteiger partial charge in [0, 0.05) is 31.5 Å². The summed E-state index contributed by atoms with van der Waals surface area (Å²) in [7, 11) is 4.14. The Hall–Kier alpha value is -1.13. The van der Waals surface area contributed by atoms with Gasteiger partial charge in [0.1, 0.15) is 11.6 Å². The molecule has 0 atom stereocenters. The molecule has 1 aromatic carbocycles. The molecule has 3 nitrogen and oxygen atoms in total. The first-order valence-corrected chi connectivity index (χ1v) is 7.71. The topological polar surface area (TPSA) is 21.1 Å². The van der Waals surface area contributed by atoms with Gasteiger partial charge in [-0.1, -0.05) is 13.8 Å². The van der Waals surface area contributed by atoms with Gasteiger partial charge in [-0.15, -0.1) is 11.6 Å². The summed E-state index contributed by atoms with van der Waals surface area (Å²) in [6, 6.07) is 4.79. The monoisotopic (exact) mass is 311 g/mol. The Morgan fingerprint density at radius 1 is 1.33 bits per heavy atom. The van der Waals surface area contributed by atoms with Gasteiger partial charge in [-0.3, -0.25) is 0 Å². The number of aromatic nitrogens is 2. The smallest absolute Gasteiger partial charge is 0.125 e. The third-order valence-electron chi connectivity index (χ3n) is 3.44. The molecule has 0 aliphatic heterocycles.